The summed E-state index contributed by atoms with van der Waals surface area (Å²) in [5, 5.41) is 0. The molecule has 3 aliphatic rings. The molecule has 12 rings (SSSR count). The van der Waals surface area contributed by atoms with Gasteiger partial charge in [0.05, 0.1) is 18.0 Å². The Bertz CT molecular complexity index is 3400. The second-order valence-electron chi connectivity index (χ2n) is 16.5. The summed E-state index contributed by atoms with van der Waals surface area (Å²) >= 11 is 0. The van der Waals surface area contributed by atoms with E-state index in [9.17, 15) is 2.74 Å². The molecule has 0 saturated heterocycles. The van der Waals surface area contributed by atoms with Gasteiger partial charge < -0.3 is 9.80 Å². The summed E-state index contributed by atoms with van der Waals surface area (Å²) in [7, 11) is 0. The fraction of sp³-hybridized carbons (Fsp3) is 0.0690. The standard InChI is InChI=1S/C58H42N2/c1-57(2)49-28-15-14-27-48(49)56-52(57)31-18-32-55(56)60(41-23-10-5-11-24-41)43-34-36-47-45-26-13-17-30-51(45)58(54(47)38-43)50-29-16-12-25-44(50)46-35-33-42(37-53(46)58)59(39-19-6-3-7-20-39)40-21-8-4-9-22-40/h3-38H,1-2H3/i3D,6D,7D,19D,20D. The quantitative estimate of drug-likeness (QED) is 0.166. The molecule has 0 amide bonds. The van der Waals surface area contributed by atoms with Gasteiger partial charge in [0.2, 0.25) is 0 Å². The van der Waals surface area contributed by atoms with Crippen LogP contribution < -0.4 is 9.80 Å². The predicted molar refractivity (Wildman–Crippen MR) is 250 cm³/mol. The van der Waals surface area contributed by atoms with Crippen molar-refractivity contribution in [3.05, 3.63) is 252 Å². The highest BCUT2D eigenvalue weighted by atomic mass is 15.1. The zero-order valence-corrected chi connectivity index (χ0v) is 33.3. The van der Waals surface area contributed by atoms with Crippen molar-refractivity contribution in [2.24, 2.45) is 0 Å². The summed E-state index contributed by atoms with van der Waals surface area (Å²) in [6.07, 6.45) is 0. The van der Waals surface area contributed by atoms with Crippen LogP contribution in [0.5, 0.6) is 0 Å². The van der Waals surface area contributed by atoms with Gasteiger partial charge in [0.1, 0.15) is 0 Å². The Balaban J connectivity index is 1.14. The van der Waals surface area contributed by atoms with Crippen molar-refractivity contribution in [2.45, 2.75) is 24.7 Å². The molecule has 3 aliphatic carbocycles. The van der Waals surface area contributed by atoms with Gasteiger partial charge in [0.15, 0.2) is 0 Å². The highest BCUT2D eigenvalue weighted by Crippen LogP contribution is 2.64. The molecule has 1 atom stereocenters. The Hall–Kier alpha value is -7.42. The van der Waals surface area contributed by atoms with Gasteiger partial charge in [-0.3, -0.25) is 0 Å². The van der Waals surface area contributed by atoms with E-state index in [0.717, 1.165) is 50.4 Å². The zero-order chi connectivity index (χ0) is 44.4. The smallest absolute Gasteiger partial charge is 0.0727 e. The first-order valence-corrected chi connectivity index (χ1v) is 20.6. The number of benzene rings is 9. The van der Waals surface area contributed by atoms with Crippen molar-refractivity contribution >= 4 is 34.1 Å². The lowest BCUT2D eigenvalue weighted by Crippen LogP contribution is -2.26. The van der Waals surface area contributed by atoms with Crippen LogP contribution in [0.2, 0.25) is 0 Å². The summed E-state index contributed by atoms with van der Waals surface area (Å²) in [6.45, 7) is 4.65. The van der Waals surface area contributed by atoms with Crippen LogP contribution in [0.4, 0.5) is 34.1 Å². The molecule has 2 nitrogen and oxygen atoms in total. The summed E-state index contributed by atoms with van der Waals surface area (Å²) < 4.78 is 44.2. The third-order valence-electron chi connectivity index (χ3n) is 13.1. The first kappa shape index (κ1) is 29.7. The van der Waals surface area contributed by atoms with E-state index in [4.69, 9.17) is 4.11 Å². The van der Waals surface area contributed by atoms with E-state index in [0.29, 0.717) is 11.4 Å². The molecule has 0 radical (unpaired) electrons. The van der Waals surface area contributed by atoms with Crippen LogP contribution in [0.1, 0.15) is 54.1 Å². The topological polar surface area (TPSA) is 6.48 Å². The molecule has 9 aromatic rings. The molecule has 0 heterocycles. The molecule has 1 spiro atoms. The van der Waals surface area contributed by atoms with Crippen molar-refractivity contribution in [1.82, 2.24) is 0 Å². The SMILES string of the molecule is [2H]c1c([2H])c([2H])c(N(c2ccccc2)c2ccc3c(c2)C2(c4ccccc4-c4ccc(N(c5ccccc5)c5cccc6c5-c5ccccc5C6(C)C)cc42)c2ccccc2-3)c([2H])c1[2H]. The van der Waals surface area contributed by atoms with E-state index in [2.05, 4.69) is 170 Å². The molecular formula is C58H42N2. The van der Waals surface area contributed by atoms with Crippen LogP contribution in [-0.4, -0.2) is 0 Å². The Labute approximate surface area is 359 Å². The van der Waals surface area contributed by atoms with Crippen molar-refractivity contribution < 1.29 is 6.85 Å². The van der Waals surface area contributed by atoms with Gasteiger partial charge in [0.25, 0.3) is 0 Å². The first-order chi connectivity index (χ1) is 31.6. The van der Waals surface area contributed by atoms with Crippen LogP contribution >= 0.6 is 0 Å². The fourth-order valence-corrected chi connectivity index (χ4v) is 10.7. The lowest BCUT2D eigenvalue weighted by Gasteiger charge is -2.33. The average molecular weight is 772 g/mol. The van der Waals surface area contributed by atoms with Crippen molar-refractivity contribution in [1.29, 1.82) is 0 Å². The molecule has 0 saturated carbocycles. The minimum Gasteiger partial charge on any atom is -0.310 e. The monoisotopic (exact) mass is 771 g/mol. The van der Waals surface area contributed by atoms with Crippen molar-refractivity contribution in [3.8, 4) is 33.4 Å². The Morgan fingerprint density at radius 2 is 0.817 bits per heavy atom. The zero-order valence-electron chi connectivity index (χ0n) is 38.3. The number of rotatable bonds is 6. The van der Waals surface area contributed by atoms with Gasteiger partial charge in [-0.2, -0.15) is 0 Å². The lowest BCUT2D eigenvalue weighted by atomic mass is 9.70. The van der Waals surface area contributed by atoms with Crippen molar-refractivity contribution in [2.75, 3.05) is 9.80 Å². The van der Waals surface area contributed by atoms with E-state index in [1.165, 1.54) is 33.4 Å². The number of para-hydroxylation sites is 3. The molecule has 9 aromatic carbocycles. The number of hydrogen-bond donors (Lipinski definition) is 0. The normalized spacial score (nSPS) is 16.9. The van der Waals surface area contributed by atoms with Gasteiger partial charge in [0, 0.05) is 39.4 Å². The van der Waals surface area contributed by atoms with Crippen molar-refractivity contribution in [3.63, 3.8) is 0 Å². The Morgan fingerprint density at radius 3 is 1.42 bits per heavy atom. The third kappa shape index (κ3) is 4.76. The summed E-state index contributed by atoms with van der Waals surface area (Å²) in [5.74, 6) is 0. The molecule has 0 fully saturated rings. The van der Waals surface area contributed by atoms with Gasteiger partial charge in [-0.05, 0) is 128 Å². The summed E-state index contributed by atoms with van der Waals surface area (Å²) in [5.41, 5.74) is 18.0. The molecule has 2 heteroatoms. The highest BCUT2D eigenvalue weighted by Gasteiger charge is 2.52. The Morgan fingerprint density at radius 1 is 0.350 bits per heavy atom. The molecule has 284 valence electrons. The average Bonchev–Trinajstić information content (AvgIpc) is 3.90. The fourth-order valence-electron chi connectivity index (χ4n) is 10.7. The maximum atomic E-state index is 9.17. The van der Waals surface area contributed by atoms with Crippen LogP contribution in [0.15, 0.2) is 218 Å². The molecule has 0 aromatic heterocycles. The second-order valence-corrected chi connectivity index (χ2v) is 16.5. The summed E-state index contributed by atoms with van der Waals surface area (Å²) in [4.78, 5) is 4.24. The van der Waals surface area contributed by atoms with Crippen LogP contribution in [0.25, 0.3) is 33.4 Å². The van der Waals surface area contributed by atoms with E-state index >= 15 is 0 Å². The molecular weight excluding hydrogens is 725 g/mol. The Kier molecular flexibility index (Phi) is 6.47. The maximum absolute atomic E-state index is 9.17. The number of nitrogens with zero attached hydrogens (tertiary/aromatic N) is 2. The number of anilines is 6. The minimum absolute atomic E-state index is 0.0971. The molecule has 0 aliphatic heterocycles. The van der Waals surface area contributed by atoms with Crippen LogP contribution in [0, 0.1) is 0 Å². The van der Waals surface area contributed by atoms with E-state index in [-0.39, 0.29) is 35.3 Å². The number of hydrogen-bond acceptors (Lipinski definition) is 2. The minimum atomic E-state index is -0.762. The van der Waals surface area contributed by atoms with Gasteiger partial charge in [-0.1, -0.05) is 165 Å². The largest absolute Gasteiger partial charge is 0.310 e. The van der Waals surface area contributed by atoms with E-state index in [1.807, 2.05) is 41.3 Å². The maximum Gasteiger partial charge on any atom is 0.0727 e. The number of fused-ring (bicyclic) bond motifs is 13. The van der Waals surface area contributed by atoms with Gasteiger partial charge in [-0.25, -0.2) is 0 Å². The molecule has 0 bridgehead atoms. The van der Waals surface area contributed by atoms with Crippen LogP contribution in [0.3, 0.4) is 0 Å². The molecule has 0 N–H and O–H groups in total. The highest BCUT2D eigenvalue weighted by molar-refractivity contribution is 5.99. The van der Waals surface area contributed by atoms with Crippen LogP contribution in [-0.2, 0) is 10.8 Å². The predicted octanol–water partition coefficient (Wildman–Crippen LogP) is 15.3. The lowest BCUT2D eigenvalue weighted by molar-refractivity contribution is 0.660. The summed E-state index contributed by atoms with van der Waals surface area (Å²) in [6, 6.07) is 64.8. The second kappa shape index (κ2) is 13.0. The molecule has 60 heavy (non-hydrogen) atoms. The van der Waals surface area contributed by atoms with E-state index in [1.54, 1.807) is 0 Å². The third-order valence-corrected chi connectivity index (χ3v) is 13.1. The van der Waals surface area contributed by atoms with Gasteiger partial charge in [-0.15, -0.1) is 0 Å². The first-order valence-electron chi connectivity index (χ1n) is 23.1. The van der Waals surface area contributed by atoms with Gasteiger partial charge >= 0.3 is 0 Å². The molecule has 1 unspecified atom stereocenters. The van der Waals surface area contributed by atoms with E-state index < -0.39 is 11.5 Å².